The molecule has 176 valence electrons. The van der Waals surface area contributed by atoms with Crippen LogP contribution in [0, 0.1) is 17.8 Å². The third-order valence-electron chi connectivity index (χ3n) is 6.61. The molecular formula is C24H27Cl3N4O2. The molecule has 1 aliphatic heterocycles. The zero-order chi connectivity index (χ0) is 22.2. The van der Waals surface area contributed by atoms with E-state index < -0.39 is 0 Å². The predicted molar refractivity (Wildman–Crippen MR) is 136 cm³/mol. The van der Waals surface area contributed by atoms with Gasteiger partial charge in [-0.2, -0.15) is 0 Å². The van der Waals surface area contributed by atoms with Gasteiger partial charge in [-0.15, -0.1) is 12.4 Å². The van der Waals surface area contributed by atoms with Crippen molar-refractivity contribution in [2.75, 3.05) is 39.2 Å². The van der Waals surface area contributed by atoms with Crippen LogP contribution in [-0.2, 0) is 0 Å². The molecule has 0 spiro atoms. The third kappa shape index (κ3) is 5.09. The van der Waals surface area contributed by atoms with E-state index in [0.29, 0.717) is 39.9 Å². The number of halogens is 3. The van der Waals surface area contributed by atoms with Gasteiger partial charge in [0.05, 0.1) is 29.3 Å². The summed E-state index contributed by atoms with van der Waals surface area (Å²) in [7, 11) is 3.87. The fourth-order valence-electron chi connectivity index (χ4n) is 5.15. The van der Waals surface area contributed by atoms with Crippen LogP contribution in [0.5, 0.6) is 11.5 Å². The lowest BCUT2D eigenvalue weighted by atomic mass is 10.0. The molecular weight excluding hydrogens is 483 g/mol. The maximum absolute atomic E-state index is 6.25. The van der Waals surface area contributed by atoms with Crippen LogP contribution in [0.25, 0.3) is 10.9 Å². The Kier molecular flexibility index (Phi) is 7.39. The first-order valence-electron chi connectivity index (χ1n) is 10.9. The Bertz CT molecular complexity index is 1130. The number of nitrogens with one attached hydrogen (secondary N) is 1. The van der Waals surface area contributed by atoms with Crippen LogP contribution in [-0.4, -0.2) is 48.7 Å². The average molecular weight is 510 g/mol. The largest absolute Gasteiger partial charge is 0.493 e. The SMILES string of the molecule is COc1cc2c(Nc3ccc(Cl)c(Cl)c3)ncnc2cc1OCC1C[C@@H]2CN(C)C[C@@H]2C1.Cl. The van der Waals surface area contributed by atoms with Gasteiger partial charge < -0.3 is 19.7 Å². The Morgan fingerprint density at radius 3 is 2.48 bits per heavy atom. The molecule has 2 heterocycles. The Hall–Kier alpha value is -1.99. The summed E-state index contributed by atoms with van der Waals surface area (Å²) in [5.41, 5.74) is 1.57. The van der Waals surface area contributed by atoms with Crippen molar-refractivity contribution in [3.8, 4) is 11.5 Å². The fourth-order valence-corrected chi connectivity index (χ4v) is 5.45. The van der Waals surface area contributed by atoms with E-state index in [9.17, 15) is 0 Å². The molecule has 0 bridgehead atoms. The lowest BCUT2D eigenvalue weighted by Crippen LogP contribution is -2.18. The van der Waals surface area contributed by atoms with Gasteiger partial charge in [0.1, 0.15) is 12.1 Å². The van der Waals surface area contributed by atoms with E-state index in [4.69, 9.17) is 32.7 Å². The maximum atomic E-state index is 6.25. The zero-order valence-electron chi connectivity index (χ0n) is 18.6. The number of anilines is 2. The molecule has 2 fully saturated rings. The number of hydrogen-bond acceptors (Lipinski definition) is 6. The van der Waals surface area contributed by atoms with Crippen molar-refractivity contribution in [2.45, 2.75) is 12.8 Å². The zero-order valence-corrected chi connectivity index (χ0v) is 20.9. The highest BCUT2D eigenvalue weighted by molar-refractivity contribution is 6.42. The number of hydrogen-bond donors (Lipinski definition) is 1. The number of nitrogens with zero attached hydrogens (tertiary/aromatic N) is 3. The number of benzene rings is 2. The van der Waals surface area contributed by atoms with Crippen LogP contribution in [0.15, 0.2) is 36.7 Å². The second-order valence-electron chi connectivity index (χ2n) is 8.89. The summed E-state index contributed by atoms with van der Waals surface area (Å²) in [5.74, 6) is 4.27. The standard InChI is InChI=1S/C24H26Cl2N4O2.ClH/c1-30-10-15-5-14(6-16(15)11-30)12-32-23-9-21-18(8-22(23)31-2)24(28-13-27-21)29-17-3-4-19(25)20(26)7-17;/h3-4,7-9,13-16H,5-6,10-12H2,1-2H3,(H,27,28,29);1H/t14?,15-,16+;. The van der Waals surface area contributed by atoms with Crippen LogP contribution in [0.2, 0.25) is 10.0 Å². The van der Waals surface area contributed by atoms with Crippen molar-refractivity contribution in [1.82, 2.24) is 14.9 Å². The van der Waals surface area contributed by atoms with E-state index in [2.05, 4.69) is 27.2 Å². The highest BCUT2D eigenvalue weighted by Crippen LogP contribution is 2.42. The molecule has 1 unspecified atom stereocenters. The molecule has 1 saturated heterocycles. The molecule has 1 N–H and O–H groups in total. The monoisotopic (exact) mass is 508 g/mol. The van der Waals surface area contributed by atoms with E-state index in [1.807, 2.05) is 18.2 Å². The number of rotatable bonds is 6. The lowest BCUT2D eigenvalue weighted by molar-refractivity contribution is 0.227. The lowest BCUT2D eigenvalue weighted by Gasteiger charge is -2.17. The van der Waals surface area contributed by atoms with Crippen molar-refractivity contribution < 1.29 is 9.47 Å². The Labute approximate surface area is 210 Å². The minimum absolute atomic E-state index is 0. The summed E-state index contributed by atoms with van der Waals surface area (Å²) < 4.78 is 11.9. The molecule has 3 aromatic rings. The molecule has 1 aromatic heterocycles. The minimum atomic E-state index is 0. The number of aromatic nitrogens is 2. The highest BCUT2D eigenvalue weighted by Gasteiger charge is 2.39. The van der Waals surface area contributed by atoms with E-state index in [1.165, 1.54) is 32.3 Å². The van der Waals surface area contributed by atoms with E-state index in [-0.39, 0.29) is 12.4 Å². The maximum Gasteiger partial charge on any atom is 0.163 e. The number of likely N-dealkylation sites (tertiary alicyclic amines) is 1. The van der Waals surface area contributed by atoms with Gasteiger partial charge in [-0.1, -0.05) is 23.2 Å². The summed E-state index contributed by atoms with van der Waals surface area (Å²) in [4.78, 5) is 11.3. The Morgan fingerprint density at radius 1 is 1.03 bits per heavy atom. The molecule has 5 rings (SSSR count). The number of methoxy groups -OCH3 is 1. The van der Waals surface area contributed by atoms with Crippen LogP contribution < -0.4 is 14.8 Å². The van der Waals surface area contributed by atoms with Gasteiger partial charge in [-0.25, -0.2) is 9.97 Å². The Balaban J connectivity index is 0.00000259. The summed E-state index contributed by atoms with van der Waals surface area (Å²) in [6, 6.07) is 9.21. The first-order chi connectivity index (χ1) is 15.5. The van der Waals surface area contributed by atoms with Crippen molar-refractivity contribution in [3.05, 3.63) is 46.7 Å². The van der Waals surface area contributed by atoms with Gasteiger partial charge in [0, 0.05) is 30.2 Å². The second kappa shape index (κ2) is 10.1. The summed E-state index contributed by atoms with van der Waals surface area (Å²) in [6.07, 6.45) is 4.02. The molecule has 33 heavy (non-hydrogen) atoms. The average Bonchev–Trinajstić information content (AvgIpc) is 3.31. The first kappa shape index (κ1) is 24.1. The number of ether oxygens (including phenoxy) is 2. The third-order valence-corrected chi connectivity index (χ3v) is 7.35. The van der Waals surface area contributed by atoms with Crippen LogP contribution in [0.4, 0.5) is 11.5 Å². The van der Waals surface area contributed by atoms with Crippen LogP contribution in [0.3, 0.4) is 0 Å². The molecule has 1 saturated carbocycles. The van der Waals surface area contributed by atoms with Crippen molar-refractivity contribution in [2.24, 2.45) is 17.8 Å². The van der Waals surface area contributed by atoms with Crippen molar-refractivity contribution in [1.29, 1.82) is 0 Å². The molecule has 1 aliphatic carbocycles. The smallest absolute Gasteiger partial charge is 0.163 e. The summed E-state index contributed by atoms with van der Waals surface area (Å²) >= 11 is 12.2. The highest BCUT2D eigenvalue weighted by atomic mass is 35.5. The molecule has 6 nitrogen and oxygen atoms in total. The van der Waals surface area contributed by atoms with E-state index in [1.54, 1.807) is 19.2 Å². The van der Waals surface area contributed by atoms with Crippen molar-refractivity contribution >= 4 is 58.0 Å². The predicted octanol–water partition coefficient (Wildman–Crippen LogP) is 6.08. The normalized spacial score (nSPS) is 22.1. The quantitative estimate of drug-likeness (QED) is 0.435. The summed E-state index contributed by atoms with van der Waals surface area (Å²) in [6.45, 7) is 3.13. The van der Waals surface area contributed by atoms with Crippen LogP contribution >= 0.6 is 35.6 Å². The first-order valence-corrected chi connectivity index (χ1v) is 11.6. The second-order valence-corrected chi connectivity index (χ2v) is 9.70. The minimum Gasteiger partial charge on any atom is -0.493 e. The molecule has 2 aromatic carbocycles. The number of fused-ring (bicyclic) bond motifs is 2. The van der Waals surface area contributed by atoms with E-state index >= 15 is 0 Å². The van der Waals surface area contributed by atoms with Crippen LogP contribution in [0.1, 0.15) is 12.8 Å². The van der Waals surface area contributed by atoms with Gasteiger partial charge in [0.25, 0.3) is 0 Å². The van der Waals surface area contributed by atoms with Gasteiger partial charge in [-0.3, -0.25) is 0 Å². The van der Waals surface area contributed by atoms with Gasteiger partial charge >= 0.3 is 0 Å². The van der Waals surface area contributed by atoms with Crippen molar-refractivity contribution in [3.63, 3.8) is 0 Å². The fraction of sp³-hybridized carbons (Fsp3) is 0.417. The topological polar surface area (TPSA) is 59.5 Å². The molecule has 0 radical (unpaired) electrons. The molecule has 3 atom stereocenters. The summed E-state index contributed by atoms with van der Waals surface area (Å²) in [5, 5.41) is 5.11. The van der Waals surface area contributed by atoms with Gasteiger partial charge in [0.2, 0.25) is 0 Å². The van der Waals surface area contributed by atoms with E-state index in [0.717, 1.165) is 28.4 Å². The Morgan fingerprint density at radius 2 is 1.79 bits per heavy atom. The molecule has 9 heteroatoms. The van der Waals surface area contributed by atoms with Gasteiger partial charge in [0.15, 0.2) is 11.5 Å². The molecule has 0 amide bonds. The molecule has 2 aliphatic rings. The van der Waals surface area contributed by atoms with Gasteiger partial charge in [-0.05, 0) is 61.9 Å².